The van der Waals surface area contributed by atoms with Gasteiger partial charge in [0.2, 0.25) is 0 Å². The Hall–Kier alpha value is -2.48. The summed E-state index contributed by atoms with van der Waals surface area (Å²) in [5.74, 6) is -0.511. The van der Waals surface area contributed by atoms with Crippen molar-refractivity contribution in [3.8, 4) is 0 Å². The van der Waals surface area contributed by atoms with Crippen LogP contribution >= 0.6 is 7.82 Å². The predicted molar refractivity (Wildman–Crippen MR) is 230 cm³/mol. The van der Waals surface area contributed by atoms with Crippen LogP contribution in [0.2, 0.25) is 0 Å². The molecule has 1 saturated carbocycles. The summed E-state index contributed by atoms with van der Waals surface area (Å²) in [5, 5.41) is 50.1. The summed E-state index contributed by atoms with van der Waals surface area (Å²) in [6, 6.07) is 0. The third-order valence-corrected chi connectivity index (χ3v) is 10.2. The third kappa shape index (κ3) is 27.3. The predicted octanol–water partition coefficient (Wildman–Crippen LogP) is 8.19. The Labute approximate surface area is 348 Å². The van der Waals surface area contributed by atoms with E-state index in [9.17, 15) is 39.8 Å². The van der Waals surface area contributed by atoms with Crippen molar-refractivity contribution in [2.75, 3.05) is 19.8 Å². The van der Waals surface area contributed by atoms with E-state index in [2.05, 4.69) is 98.9 Å². The SMILES string of the molecule is CC/C=C\C/C=C\C/C=C\C/C=C\CCCCCOCC(COP(=O)(O)OC1C(O)C(O)C(O)C(O)C1O)OC(=O)CCCCCCC/C=C\C/C=C\C/C=C\CC. The van der Waals surface area contributed by atoms with Gasteiger partial charge in [-0.25, -0.2) is 4.57 Å². The molecule has 0 spiro atoms. The minimum atomic E-state index is -5.03. The van der Waals surface area contributed by atoms with E-state index in [-0.39, 0.29) is 13.0 Å². The molecule has 12 nitrogen and oxygen atoms in total. The number of allylic oxidation sites excluding steroid dienone is 14. The van der Waals surface area contributed by atoms with Crippen molar-refractivity contribution in [1.29, 1.82) is 0 Å². The van der Waals surface area contributed by atoms with Gasteiger partial charge in [0, 0.05) is 13.0 Å². The number of ether oxygens (including phenoxy) is 2. The third-order valence-electron chi connectivity index (χ3n) is 9.26. The smallest absolute Gasteiger partial charge is 0.457 e. The molecule has 0 aromatic carbocycles. The Morgan fingerprint density at radius 3 is 1.47 bits per heavy atom. The molecule has 0 heterocycles. The molecule has 6 unspecified atom stereocenters. The topological polar surface area (TPSA) is 192 Å². The monoisotopic (exact) mass is 838 g/mol. The average molecular weight is 839 g/mol. The summed E-state index contributed by atoms with van der Waals surface area (Å²) in [6.45, 7) is 3.91. The van der Waals surface area contributed by atoms with Gasteiger partial charge in [0.1, 0.15) is 42.7 Å². The van der Waals surface area contributed by atoms with Crippen molar-refractivity contribution in [3.05, 3.63) is 85.1 Å². The van der Waals surface area contributed by atoms with E-state index >= 15 is 0 Å². The Morgan fingerprint density at radius 1 is 0.552 bits per heavy atom. The number of aliphatic hydroxyl groups excluding tert-OH is 5. The lowest BCUT2D eigenvalue weighted by Crippen LogP contribution is -2.64. The number of hydrogen-bond acceptors (Lipinski definition) is 11. The fourth-order valence-electron chi connectivity index (χ4n) is 5.89. The number of hydrogen-bond donors (Lipinski definition) is 6. The maximum atomic E-state index is 12.8. The van der Waals surface area contributed by atoms with Crippen LogP contribution in [-0.4, -0.2) is 98.9 Å². The van der Waals surface area contributed by atoms with E-state index in [1.165, 1.54) is 0 Å². The summed E-state index contributed by atoms with van der Waals surface area (Å²) in [6.07, 6.45) is 33.7. The van der Waals surface area contributed by atoms with Crippen LogP contribution in [-0.2, 0) is 27.9 Å². The molecule has 1 aliphatic carbocycles. The summed E-state index contributed by atoms with van der Waals surface area (Å²) in [7, 11) is -5.03. The van der Waals surface area contributed by atoms with Crippen molar-refractivity contribution in [2.24, 2.45) is 0 Å². The molecule has 1 rings (SSSR count). The first-order valence-electron chi connectivity index (χ1n) is 21.4. The van der Waals surface area contributed by atoms with Crippen LogP contribution in [0.15, 0.2) is 85.1 Å². The van der Waals surface area contributed by atoms with Crippen LogP contribution in [0.4, 0.5) is 0 Å². The van der Waals surface area contributed by atoms with Gasteiger partial charge in [-0.15, -0.1) is 0 Å². The molecule has 13 heteroatoms. The summed E-state index contributed by atoms with van der Waals surface area (Å²) in [4.78, 5) is 23.1. The average Bonchev–Trinajstić information content (AvgIpc) is 3.21. The standard InChI is InChI=1S/C45H75O12P/c1-3-5-7-9-11-13-15-17-19-21-23-25-27-29-31-33-35-54-36-38(37-55-58(52,53)57-45-43(50)41(48)40(47)42(49)44(45)51)56-39(46)34-32-30-28-26-24-22-20-18-16-14-12-10-8-6-4-2/h5-8,11-14,17-20,23,25,38,40-45,47-51H,3-4,9-10,15-16,21-22,24,26-37H2,1-2H3,(H,52,53)/b7-5-,8-6-,13-11-,14-12-,19-17-,20-18-,25-23-. The first-order chi connectivity index (χ1) is 28.0. The minimum absolute atomic E-state index is 0.111. The Balaban J connectivity index is 2.48. The van der Waals surface area contributed by atoms with E-state index in [1.807, 2.05) is 0 Å². The number of phosphoric ester groups is 1. The fraction of sp³-hybridized carbons (Fsp3) is 0.667. The molecular formula is C45H75O12P. The first-order valence-corrected chi connectivity index (χ1v) is 22.9. The summed E-state index contributed by atoms with van der Waals surface area (Å²) < 4.78 is 34.0. The molecular weight excluding hydrogens is 763 g/mol. The Bertz CT molecular complexity index is 1280. The zero-order chi connectivity index (χ0) is 42.7. The van der Waals surface area contributed by atoms with Crippen LogP contribution in [0.5, 0.6) is 0 Å². The number of carbonyl (C=O) groups excluding carboxylic acids is 1. The molecule has 332 valence electrons. The lowest BCUT2D eigenvalue weighted by molar-refractivity contribution is -0.220. The molecule has 0 bridgehead atoms. The fourth-order valence-corrected chi connectivity index (χ4v) is 6.86. The second kappa shape index (κ2) is 35.3. The molecule has 0 aliphatic heterocycles. The first kappa shape index (κ1) is 53.5. The van der Waals surface area contributed by atoms with Gasteiger partial charge in [-0.05, 0) is 83.5 Å². The van der Waals surface area contributed by atoms with E-state index < -0.39 is 63.1 Å². The van der Waals surface area contributed by atoms with Crippen LogP contribution in [0.3, 0.4) is 0 Å². The highest BCUT2D eigenvalue weighted by atomic mass is 31.2. The van der Waals surface area contributed by atoms with Gasteiger partial charge < -0.3 is 39.9 Å². The number of phosphoric acid groups is 1. The largest absolute Gasteiger partial charge is 0.472 e. The van der Waals surface area contributed by atoms with Gasteiger partial charge in [-0.1, -0.05) is 125 Å². The van der Waals surface area contributed by atoms with E-state index in [1.54, 1.807) is 0 Å². The Morgan fingerprint density at radius 2 is 0.966 bits per heavy atom. The second-order valence-electron chi connectivity index (χ2n) is 14.4. The lowest BCUT2D eigenvalue weighted by atomic mass is 9.85. The minimum Gasteiger partial charge on any atom is -0.457 e. The molecule has 6 atom stereocenters. The van der Waals surface area contributed by atoms with Gasteiger partial charge in [0.05, 0.1) is 13.2 Å². The highest BCUT2D eigenvalue weighted by Gasteiger charge is 2.51. The molecule has 6 N–H and O–H groups in total. The van der Waals surface area contributed by atoms with E-state index in [4.69, 9.17) is 18.5 Å². The van der Waals surface area contributed by atoms with Crippen molar-refractivity contribution in [1.82, 2.24) is 0 Å². The molecule has 0 saturated heterocycles. The molecule has 58 heavy (non-hydrogen) atoms. The summed E-state index contributed by atoms with van der Waals surface area (Å²) >= 11 is 0. The molecule has 0 radical (unpaired) electrons. The zero-order valence-corrected chi connectivity index (χ0v) is 35.9. The van der Waals surface area contributed by atoms with Gasteiger partial charge >= 0.3 is 13.8 Å². The van der Waals surface area contributed by atoms with Crippen LogP contribution in [0.25, 0.3) is 0 Å². The number of esters is 1. The maximum Gasteiger partial charge on any atom is 0.472 e. The molecule has 0 aromatic heterocycles. The number of aliphatic hydroxyl groups is 5. The number of unbranched alkanes of at least 4 members (excludes halogenated alkanes) is 8. The van der Waals surface area contributed by atoms with Gasteiger partial charge in [-0.2, -0.15) is 0 Å². The van der Waals surface area contributed by atoms with Crippen LogP contribution in [0.1, 0.15) is 129 Å². The van der Waals surface area contributed by atoms with Crippen LogP contribution in [0, 0.1) is 0 Å². The van der Waals surface area contributed by atoms with E-state index in [0.717, 1.165) is 103 Å². The van der Waals surface area contributed by atoms with Crippen molar-refractivity contribution in [3.63, 3.8) is 0 Å². The summed E-state index contributed by atoms with van der Waals surface area (Å²) in [5.41, 5.74) is 0. The van der Waals surface area contributed by atoms with Crippen molar-refractivity contribution >= 4 is 13.8 Å². The van der Waals surface area contributed by atoms with Crippen molar-refractivity contribution in [2.45, 2.75) is 172 Å². The molecule has 1 fully saturated rings. The number of rotatable bonds is 34. The lowest BCUT2D eigenvalue weighted by Gasteiger charge is -2.41. The van der Waals surface area contributed by atoms with E-state index in [0.29, 0.717) is 13.0 Å². The van der Waals surface area contributed by atoms with Crippen LogP contribution < -0.4 is 0 Å². The highest BCUT2D eigenvalue weighted by molar-refractivity contribution is 7.47. The number of carbonyl (C=O) groups is 1. The zero-order valence-electron chi connectivity index (χ0n) is 35.1. The maximum absolute atomic E-state index is 12.8. The molecule has 1 aliphatic rings. The van der Waals surface area contributed by atoms with Gasteiger partial charge in [-0.3, -0.25) is 13.8 Å². The normalized spacial score (nSPS) is 23.5. The van der Waals surface area contributed by atoms with Gasteiger partial charge in [0.15, 0.2) is 0 Å². The molecule has 0 amide bonds. The second-order valence-corrected chi connectivity index (χ2v) is 15.8. The Kier molecular flexibility index (Phi) is 32.6. The molecule has 0 aromatic rings. The van der Waals surface area contributed by atoms with Crippen molar-refractivity contribution < 1.29 is 58.3 Å². The van der Waals surface area contributed by atoms with Gasteiger partial charge in [0.25, 0.3) is 0 Å². The quantitative estimate of drug-likeness (QED) is 0.0158. The highest BCUT2D eigenvalue weighted by Crippen LogP contribution is 2.47.